The van der Waals surface area contributed by atoms with Gasteiger partial charge in [0.15, 0.2) is 0 Å². The zero-order valence-electron chi connectivity index (χ0n) is 18.8. The molecule has 1 aliphatic heterocycles. The molecule has 2 aromatic heterocycles. The third-order valence-corrected chi connectivity index (χ3v) is 6.57. The summed E-state index contributed by atoms with van der Waals surface area (Å²) in [5.74, 6) is 7.00. The van der Waals surface area contributed by atoms with Gasteiger partial charge in [-0.05, 0) is 60.7 Å². The van der Waals surface area contributed by atoms with Crippen LogP contribution in [0.2, 0.25) is 5.02 Å². The molecule has 0 spiro atoms. The molecule has 0 aliphatic carbocycles. The van der Waals surface area contributed by atoms with E-state index in [0.29, 0.717) is 10.7 Å². The molecule has 1 amide bonds. The Bertz CT molecular complexity index is 1410. The molecule has 0 unspecified atom stereocenters. The molecule has 6 nitrogen and oxygen atoms in total. The lowest BCUT2D eigenvalue weighted by atomic mass is 9.96. The summed E-state index contributed by atoms with van der Waals surface area (Å²) < 4.78 is 2.09. The van der Waals surface area contributed by atoms with Gasteiger partial charge in [-0.3, -0.25) is 4.79 Å². The predicted octanol–water partition coefficient (Wildman–Crippen LogP) is 4.39. The zero-order valence-corrected chi connectivity index (χ0v) is 19.6. The second-order valence-corrected chi connectivity index (χ2v) is 8.96. The van der Waals surface area contributed by atoms with E-state index in [9.17, 15) is 4.79 Å². The topological polar surface area (TPSA) is 77.0 Å². The van der Waals surface area contributed by atoms with Gasteiger partial charge in [0, 0.05) is 48.4 Å². The number of fused-ring (bicyclic) bond motifs is 1. The Balaban J connectivity index is 1.34. The normalized spacial score (nSPS) is 14.1. The number of anilines is 1. The highest BCUT2D eigenvalue weighted by Gasteiger charge is 2.25. The van der Waals surface area contributed by atoms with Gasteiger partial charge in [0.2, 0.25) is 11.9 Å². The summed E-state index contributed by atoms with van der Waals surface area (Å²) in [5.41, 5.74) is 11.1. The zero-order chi connectivity index (χ0) is 23.7. The number of nitrogens with two attached hydrogens (primary N) is 1. The molecule has 170 valence electrons. The molecule has 7 heteroatoms. The minimum atomic E-state index is -0.207. The van der Waals surface area contributed by atoms with Crippen molar-refractivity contribution < 1.29 is 4.79 Å². The van der Waals surface area contributed by atoms with Crippen LogP contribution >= 0.6 is 11.6 Å². The fraction of sp³-hybridized carbons (Fsp3) is 0.222. The summed E-state index contributed by atoms with van der Waals surface area (Å²) in [6.07, 6.45) is 3.35. The van der Waals surface area contributed by atoms with Crippen LogP contribution in [-0.4, -0.2) is 33.5 Å². The summed E-state index contributed by atoms with van der Waals surface area (Å²) in [5, 5.41) is 0.712. The van der Waals surface area contributed by atoms with Crippen molar-refractivity contribution in [3.63, 3.8) is 0 Å². The van der Waals surface area contributed by atoms with Crippen molar-refractivity contribution in [3.05, 3.63) is 77.1 Å². The number of piperidine rings is 1. The number of aromatic nitrogens is 3. The van der Waals surface area contributed by atoms with Crippen LogP contribution in [0.25, 0.3) is 22.2 Å². The van der Waals surface area contributed by atoms with Gasteiger partial charge in [0.25, 0.3) is 0 Å². The van der Waals surface area contributed by atoms with E-state index in [1.807, 2.05) is 67.8 Å². The fourth-order valence-corrected chi connectivity index (χ4v) is 4.45. The first kappa shape index (κ1) is 22.0. The number of primary amides is 1. The van der Waals surface area contributed by atoms with E-state index < -0.39 is 0 Å². The SMILES string of the molecule is Cn1c(N2CCC(C(N)=O)CC2)nc2cc(C#Cc3ccc(-c4ccc(Cl)cc4)cn3)ccc21. The Morgan fingerprint density at radius 2 is 1.76 bits per heavy atom. The standard InChI is InChI=1S/C27H24ClN5O/c1-32-25-11-3-18(16-24(25)31-27(32)33-14-12-20(13-15-33)26(29)34)2-9-23-10-6-21(17-30-23)19-4-7-22(28)8-5-19/h3-8,10-11,16-17,20H,12-15H2,1H3,(H2,29,34). The summed E-state index contributed by atoms with van der Waals surface area (Å²) in [7, 11) is 2.02. The van der Waals surface area contributed by atoms with Gasteiger partial charge >= 0.3 is 0 Å². The maximum absolute atomic E-state index is 11.5. The Kier molecular flexibility index (Phi) is 5.95. The molecule has 0 atom stereocenters. The molecule has 1 fully saturated rings. The fourth-order valence-electron chi connectivity index (χ4n) is 4.33. The van der Waals surface area contributed by atoms with Crippen LogP contribution in [0.4, 0.5) is 5.95 Å². The first-order valence-electron chi connectivity index (χ1n) is 11.2. The van der Waals surface area contributed by atoms with E-state index in [2.05, 4.69) is 26.3 Å². The van der Waals surface area contributed by atoms with Crippen molar-refractivity contribution in [2.24, 2.45) is 18.7 Å². The highest BCUT2D eigenvalue weighted by Crippen LogP contribution is 2.26. The second-order valence-electron chi connectivity index (χ2n) is 8.53. The number of nitrogens with zero attached hydrogens (tertiary/aromatic N) is 4. The molecule has 5 rings (SSSR count). The highest BCUT2D eigenvalue weighted by molar-refractivity contribution is 6.30. The van der Waals surface area contributed by atoms with Crippen LogP contribution < -0.4 is 10.6 Å². The number of aryl methyl sites for hydroxylation is 1. The van der Waals surface area contributed by atoms with E-state index in [4.69, 9.17) is 22.3 Å². The Hall–Kier alpha value is -3.82. The number of pyridine rings is 1. The lowest BCUT2D eigenvalue weighted by Crippen LogP contribution is -2.39. The van der Waals surface area contributed by atoms with E-state index in [-0.39, 0.29) is 11.8 Å². The van der Waals surface area contributed by atoms with Crippen molar-refractivity contribution in [2.75, 3.05) is 18.0 Å². The van der Waals surface area contributed by atoms with Crippen molar-refractivity contribution in [1.82, 2.24) is 14.5 Å². The maximum Gasteiger partial charge on any atom is 0.220 e. The van der Waals surface area contributed by atoms with E-state index in [1.54, 1.807) is 0 Å². The van der Waals surface area contributed by atoms with Gasteiger partial charge in [-0.25, -0.2) is 9.97 Å². The number of halogens is 1. The molecule has 0 saturated carbocycles. The molecule has 0 radical (unpaired) electrons. The lowest BCUT2D eigenvalue weighted by molar-refractivity contribution is -0.122. The number of carbonyl (C=O) groups is 1. The molecule has 34 heavy (non-hydrogen) atoms. The lowest BCUT2D eigenvalue weighted by Gasteiger charge is -2.31. The third-order valence-electron chi connectivity index (χ3n) is 6.31. The van der Waals surface area contributed by atoms with E-state index in [1.165, 1.54) is 0 Å². The minimum absolute atomic E-state index is 0.0401. The molecule has 1 aliphatic rings. The van der Waals surface area contributed by atoms with Crippen LogP contribution in [0.3, 0.4) is 0 Å². The monoisotopic (exact) mass is 469 g/mol. The molecule has 2 aromatic carbocycles. The molecule has 3 heterocycles. The van der Waals surface area contributed by atoms with Crippen LogP contribution in [0.5, 0.6) is 0 Å². The number of benzene rings is 2. The molecule has 2 N–H and O–H groups in total. The number of rotatable bonds is 3. The van der Waals surface area contributed by atoms with Crippen molar-refractivity contribution >= 4 is 34.5 Å². The summed E-state index contributed by atoms with van der Waals surface area (Å²) in [6, 6.07) is 17.7. The number of amides is 1. The molecular formula is C27H24ClN5O. The molecule has 4 aromatic rings. The summed E-state index contributed by atoms with van der Waals surface area (Å²) in [6.45, 7) is 1.55. The smallest absolute Gasteiger partial charge is 0.220 e. The van der Waals surface area contributed by atoms with E-state index in [0.717, 1.165) is 59.6 Å². The van der Waals surface area contributed by atoms with Crippen LogP contribution in [0.15, 0.2) is 60.8 Å². The quantitative estimate of drug-likeness (QED) is 0.451. The molecule has 1 saturated heterocycles. The van der Waals surface area contributed by atoms with Gasteiger partial charge < -0.3 is 15.2 Å². The minimum Gasteiger partial charge on any atom is -0.369 e. The second kappa shape index (κ2) is 9.20. The average molecular weight is 470 g/mol. The first-order chi connectivity index (χ1) is 16.5. The Morgan fingerprint density at radius 3 is 2.44 bits per heavy atom. The average Bonchev–Trinajstić information content (AvgIpc) is 3.19. The summed E-state index contributed by atoms with van der Waals surface area (Å²) in [4.78, 5) is 23.0. The number of hydrogen-bond acceptors (Lipinski definition) is 4. The Labute approximate surface area is 203 Å². The van der Waals surface area contributed by atoms with Crippen molar-refractivity contribution in [1.29, 1.82) is 0 Å². The maximum atomic E-state index is 11.5. The van der Waals surface area contributed by atoms with Crippen LogP contribution in [-0.2, 0) is 11.8 Å². The van der Waals surface area contributed by atoms with Gasteiger partial charge in [-0.1, -0.05) is 35.7 Å². The van der Waals surface area contributed by atoms with Gasteiger partial charge in [0.1, 0.15) is 5.69 Å². The first-order valence-corrected chi connectivity index (χ1v) is 11.6. The van der Waals surface area contributed by atoms with Gasteiger partial charge in [0.05, 0.1) is 11.0 Å². The Morgan fingerprint density at radius 1 is 1.03 bits per heavy atom. The van der Waals surface area contributed by atoms with Crippen molar-refractivity contribution in [3.8, 4) is 23.0 Å². The number of hydrogen-bond donors (Lipinski definition) is 1. The van der Waals surface area contributed by atoms with Gasteiger partial charge in [-0.2, -0.15) is 0 Å². The number of imidazole rings is 1. The van der Waals surface area contributed by atoms with Crippen LogP contribution in [0.1, 0.15) is 24.1 Å². The predicted molar refractivity (Wildman–Crippen MR) is 136 cm³/mol. The molecule has 0 bridgehead atoms. The number of carbonyl (C=O) groups excluding carboxylic acids is 1. The van der Waals surface area contributed by atoms with Gasteiger partial charge in [-0.15, -0.1) is 0 Å². The highest BCUT2D eigenvalue weighted by atomic mass is 35.5. The third kappa shape index (κ3) is 4.48. The van der Waals surface area contributed by atoms with E-state index >= 15 is 0 Å². The largest absolute Gasteiger partial charge is 0.369 e. The van der Waals surface area contributed by atoms with Crippen molar-refractivity contribution in [2.45, 2.75) is 12.8 Å². The summed E-state index contributed by atoms with van der Waals surface area (Å²) >= 11 is 5.97. The van der Waals surface area contributed by atoms with Crippen LogP contribution in [0, 0.1) is 17.8 Å². The molecular weight excluding hydrogens is 446 g/mol.